The maximum absolute atomic E-state index is 11.3. The summed E-state index contributed by atoms with van der Waals surface area (Å²) in [7, 11) is 4.28. The van der Waals surface area contributed by atoms with Crippen LogP contribution in [-0.4, -0.2) is 37.3 Å². The minimum atomic E-state index is -0.561. The third kappa shape index (κ3) is 2.59. The first-order valence-corrected chi connectivity index (χ1v) is 4.67. The highest BCUT2D eigenvalue weighted by atomic mass is 16.5. The maximum atomic E-state index is 11.3. The number of carbonyl (C=O) groups excluding carboxylic acids is 1. The Labute approximate surface area is 93.6 Å². The molecule has 0 saturated carbocycles. The molecule has 1 aromatic rings. The van der Waals surface area contributed by atoms with Crippen LogP contribution in [0, 0.1) is 0 Å². The monoisotopic (exact) mass is 226 g/mol. The zero-order valence-corrected chi connectivity index (χ0v) is 9.68. The molecule has 0 N–H and O–H groups in total. The van der Waals surface area contributed by atoms with Gasteiger partial charge in [-0.15, -0.1) is 0 Å². The van der Waals surface area contributed by atoms with Gasteiger partial charge in [0, 0.05) is 0 Å². The fraction of sp³-hybridized carbons (Fsp3) is 0.500. The van der Waals surface area contributed by atoms with Crippen molar-refractivity contribution < 1.29 is 19.0 Å². The Morgan fingerprint density at radius 3 is 2.06 bits per heavy atom. The van der Waals surface area contributed by atoms with Crippen LogP contribution in [0.5, 0.6) is 11.8 Å². The number of hydrogen-bond acceptors (Lipinski definition) is 6. The van der Waals surface area contributed by atoms with E-state index in [1.54, 1.807) is 6.92 Å². The molecule has 1 atom stereocenters. The molecule has 88 valence electrons. The second-order valence-corrected chi connectivity index (χ2v) is 3.06. The number of rotatable bonds is 4. The van der Waals surface area contributed by atoms with Crippen LogP contribution in [-0.2, 0) is 9.53 Å². The molecule has 0 bridgehead atoms. The standard InChI is InChI=1S/C10H14N2O4/c1-6(10(13)16-4)9-11-7(14-2)5-8(12-9)15-3/h5-6H,1-4H3/t6-/m0/s1. The van der Waals surface area contributed by atoms with Crippen molar-refractivity contribution in [3.63, 3.8) is 0 Å². The summed E-state index contributed by atoms with van der Waals surface area (Å²) in [5, 5.41) is 0. The van der Waals surface area contributed by atoms with Crippen LogP contribution in [0.4, 0.5) is 0 Å². The fourth-order valence-corrected chi connectivity index (χ4v) is 1.11. The number of nitrogens with zero attached hydrogens (tertiary/aromatic N) is 2. The summed E-state index contributed by atoms with van der Waals surface area (Å²) in [6.45, 7) is 1.65. The van der Waals surface area contributed by atoms with E-state index in [2.05, 4.69) is 14.7 Å². The van der Waals surface area contributed by atoms with E-state index in [0.717, 1.165) is 0 Å². The van der Waals surface area contributed by atoms with Crippen LogP contribution in [0.25, 0.3) is 0 Å². The van der Waals surface area contributed by atoms with E-state index in [0.29, 0.717) is 17.6 Å². The number of methoxy groups -OCH3 is 3. The summed E-state index contributed by atoms with van der Waals surface area (Å²) >= 11 is 0. The molecule has 0 spiro atoms. The summed E-state index contributed by atoms with van der Waals surface area (Å²) in [6.07, 6.45) is 0. The normalized spacial score (nSPS) is 11.8. The predicted octanol–water partition coefficient (Wildman–Crippen LogP) is 0.770. The van der Waals surface area contributed by atoms with Crippen molar-refractivity contribution in [3.8, 4) is 11.8 Å². The van der Waals surface area contributed by atoms with E-state index < -0.39 is 11.9 Å². The van der Waals surface area contributed by atoms with Crippen molar-refractivity contribution in [2.45, 2.75) is 12.8 Å². The van der Waals surface area contributed by atoms with Gasteiger partial charge in [-0.25, -0.2) is 0 Å². The molecule has 1 aromatic heterocycles. The highest BCUT2D eigenvalue weighted by Gasteiger charge is 2.20. The summed E-state index contributed by atoms with van der Waals surface area (Å²) in [5.41, 5.74) is 0. The number of aromatic nitrogens is 2. The minimum Gasteiger partial charge on any atom is -0.481 e. The molecule has 1 heterocycles. The highest BCUT2D eigenvalue weighted by Crippen LogP contribution is 2.20. The Morgan fingerprint density at radius 1 is 1.19 bits per heavy atom. The summed E-state index contributed by atoms with van der Waals surface area (Å²) < 4.78 is 14.6. The van der Waals surface area contributed by atoms with Gasteiger partial charge in [-0.2, -0.15) is 9.97 Å². The Balaban J connectivity index is 3.07. The molecule has 0 radical (unpaired) electrons. The molecule has 0 saturated heterocycles. The van der Waals surface area contributed by atoms with Crippen LogP contribution < -0.4 is 9.47 Å². The molecule has 0 aliphatic heterocycles. The number of carbonyl (C=O) groups is 1. The first-order valence-electron chi connectivity index (χ1n) is 4.67. The molecule has 6 heteroatoms. The first kappa shape index (κ1) is 12.2. The van der Waals surface area contributed by atoms with Gasteiger partial charge in [-0.05, 0) is 6.92 Å². The maximum Gasteiger partial charge on any atom is 0.316 e. The van der Waals surface area contributed by atoms with E-state index in [1.807, 2.05) is 0 Å². The van der Waals surface area contributed by atoms with Crippen LogP contribution in [0.1, 0.15) is 18.7 Å². The molecule has 0 unspecified atom stereocenters. The van der Waals surface area contributed by atoms with Crippen molar-refractivity contribution >= 4 is 5.97 Å². The summed E-state index contributed by atoms with van der Waals surface area (Å²) in [5.74, 6) is 0.0302. The van der Waals surface area contributed by atoms with Crippen molar-refractivity contribution in [1.82, 2.24) is 9.97 Å². The van der Waals surface area contributed by atoms with E-state index in [4.69, 9.17) is 9.47 Å². The number of ether oxygens (including phenoxy) is 3. The molecule has 0 aliphatic rings. The Bertz CT molecular complexity index is 359. The molecule has 16 heavy (non-hydrogen) atoms. The fourth-order valence-electron chi connectivity index (χ4n) is 1.11. The quantitative estimate of drug-likeness (QED) is 0.706. The zero-order valence-electron chi connectivity index (χ0n) is 9.68. The smallest absolute Gasteiger partial charge is 0.316 e. The third-order valence-electron chi connectivity index (χ3n) is 2.06. The topological polar surface area (TPSA) is 70.5 Å². The second kappa shape index (κ2) is 5.29. The van der Waals surface area contributed by atoms with Gasteiger partial charge in [-0.3, -0.25) is 4.79 Å². The van der Waals surface area contributed by atoms with Gasteiger partial charge in [0.1, 0.15) is 11.7 Å². The van der Waals surface area contributed by atoms with Crippen LogP contribution in [0.2, 0.25) is 0 Å². The molecular formula is C10H14N2O4. The van der Waals surface area contributed by atoms with Crippen LogP contribution in [0.3, 0.4) is 0 Å². The second-order valence-electron chi connectivity index (χ2n) is 3.06. The largest absolute Gasteiger partial charge is 0.481 e. The van der Waals surface area contributed by atoms with Crippen molar-refractivity contribution in [2.75, 3.05) is 21.3 Å². The summed E-state index contributed by atoms with van der Waals surface area (Å²) in [4.78, 5) is 19.4. The van der Waals surface area contributed by atoms with Gasteiger partial charge in [0.05, 0.1) is 27.4 Å². The van der Waals surface area contributed by atoms with Gasteiger partial charge < -0.3 is 14.2 Å². The van der Waals surface area contributed by atoms with Crippen molar-refractivity contribution in [1.29, 1.82) is 0 Å². The lowest BCUT2D eigenvalue weighted by Gasteiger charge is -2.10. The highest BCUT2D eigenvalue weighted by molar-refractivity contribution is 5.76. The van der Waals surface area contributed by atoms with Gasteiger partial charge in [0.15, 0.2) is 0 Å². The molecule has 1 rings (SSSR count). The lowest BCUT2D eigenvalue weighted by molar-refractivity contribution is -0.142. The van der Waals surface area contributed by atoms with Gasteiger partial charge in [-0.1, -0.05) is 0 Å². The lowest BCUT2D eigenvalue weighted by atomic mass is 10.2. The average Bonchev–Trinajstić information content (AvgIpc) is 2.35. The molecule has 0 fully saturated rings. The Kier molecular flexibility index (Phi) is 4.04. The van der Waals surface area contributed by atoms with Crippen LogP contribution >= 0.6 is 0 Å². The van der Waals surface area contributed by atoms with Crippen molar-refractivity contribution in [3.05, 3.63) is 11.9 Å². The van der Waals surface area contributed by atoms with E-state index in [1.165, 1.54) is 27.4 Å². The number of esters is 1. The molecule has 0 amide bonds. The summed E-state index contributed by atoms with van der Waals surface area (Å²) in [6, 6.07) is 1.54. The van der Waals surface area contributed by atoms with Crippen molar-refractivity contribution in [2.24, 2.45) is 0 Å². The average molecular weight is 226 g/mol. The number of hydrogen-bond donors (Lipinski definition) is 0. The molecule has 6 nitrogen and oxygen atoms in total. The van der Waals surface area contributed by atoms with Gasteiger partial charge in [0.25, 0.3) is 0 Å². The third-order valence-corrected chi connectivity index (χ3v) is 2.06. The van der Waals surface area contributed by atoms with E-state index in [-0.39, 0.29) is 0 Å². The first-order chi connectivity index (χ1) is 7.62. The van der Waals surface area contributed by atoms with E-state index in [9.17, 15) is 4.79 Å². The minimum absolute atomic E-state index is 0.308. The SMILES string of the molecule is COC(=O)[C@@H](C)c1nc(OC)cc(OC)n1. The lowest BCUT2D eigenvalue weighted by Crippen LogP contribution is -2.14. The van der Waals surface area contributed by atoms with Crippen LogP contribution in [0.15, 0.2) is 6.07 Å². The molecule has 0 aromatic carbocycles. The Morgan fingerprint density at radius 2 is 1.69 bits per heavy atom. The molecule has 0 aliphatic carbocycles. The predicted molar refractivity (Wildman–Crippen MR) is 55.6 cm³/mol. The van der Waals surface area contributed by atoms with Gasteiger partial charge in [0.2, 0.25) is 11.8 Å². The zero-order chi connectivity index (χ0) is 12.1. The van der Waals surface area contributed by atoms with E-state index >= 15 is 0 Å². The molecular weight excluding hydrogens is 212 g/mol. The Hall–Kier alpha value is -1.85. The van der Waals surface area contributed by atoms with Gasteiger partial charge >= 0.3 is 5.97 Å².